The zero-order valence-electron chi connectivity index (χ0n) is 17.3. The first-order chi connectivity index (χ1) is 15.0. The molecule has 4 aromatic rings. The molecule has 4 rings (SSSR count). The van der Waals surface area contributed by atoms with Gasteiger partial charge in [-0.2, -0.15) is 0 Å². The normalized spacial score (nSPS) is 11.8. The monoisotopic (exact) mass is 419 g/mol. The summed E-state index contributed by atoms with van der Waals surface area (Å²) in [5.74, 6) is -0.125. The number of hydrogen-bond acceptors (Lipinski definition) is 6. The third kappa shape index (κ3) is 4.02. The van der Waals surface area contributed by atoms with E-state index in [0.29, 0.717) is 28.3 Å². The summed E-state index contributed by atoms with van der Waals surface area (Å²) < 4.78 is 21.7. The number of methoxy groups -OCH3 is 2. The first-order valence-corrected chi connectivity index (χ1v) is 9.65. The lowest BCUT2D eigenvalue weighted by molar-refractivity contribution is -0.123. The fourth-order valence-electron chi connectivity index (χ4n) is 3.28. The Hall–Kier alpha value is -4.00. The van der Waals surface area contributed by atoms with Crippen LogP contribution in [0.1, 0.15) is 17.3 Å². The number of ether oxygens (including phenoxy) is 3. The molecule has 7 heteroatoms. The number of fused-ring (bicyclic) bond motifs is 3. The third-order valence-corrected chi connectivity index (χ3v) is 4.92. The fourth-order valence-corrected chi connectivity index (χ4v) is 3.28. The minimum Gasteiger partial charge on any atom is -0.497 e. The maximum absolute atomic E-state index is 12.7. The van der Waals surface area contributed by atoms with Crippen LogP contribution in [0.2, 0.25) is 0 Å². The molecule has 1 amide bonds. The SMILES string of the molecule is COc1cccc(C(=O)O[C@@H](C)C(=O)Nc2cc3oc4ccccc4c3cc2OC)c1. The molecule has 0 aliphatic heterocycles. The molecule has 0 saturated carbocycles. The number of esters is 1. The molecular formula is C24H21NO6. The molecule has 31 heavy (non-hydrogen) atoms. The number of hydrogen-bond donors (Lipinski definition) is 1. The highest BCUT2D eigenvalue weighted by atomic mass is 16.5. The largest absolute Gasteiger partial charge is 0.497 e. The van der Waals surface area contributed by atoms with Crippen molar-refractivity contribution in [1.29, 1.82) is 0 Å². The van der Waals surface area contributed by atoms with Crippen molar-refractivity contribution in [2.75, 3.05) is 19.5 Å². The molecule has 0 aliphatic rings. The van der Waals surface area contributed by atoms with E-state index in [1.165, 1.54) is 21.1 Å². The van der Waals surface area contributed by atoms with Crippen LogP contribution in [0.15, 0.2) is 65.1 Å². The van der Waals surface area contributed by atoms with E-state index in [0.717, 1.165) is 16.4 Å². The van der Waals surface area contributed by atoms with Crippen LogP contribution in [0.4, 0.5) is 5.69 Å². The minimum absolute atomic E-state index is 0.292. The van der Waals surface area contributed by atoms with Gasteiger partial charge in [-0.1, -0.05) is 24.3 Å². The van der Waals surface area contributed by atoms with Gasteiger partial charge in [0.05, 0.1) is 25.5 Å². The van der Waals surface area contributed by atoms with Gasteiger partial charge in [0, 0.05) is 16.8 Å². The molecule has 1 heterocycles. The highest BCUT2D eigenvalue weighted by molar-refractivity contribution is 6.08. The summed E-state index contributed by atoms with van der Waals surface area (Å²) in [4.78, 5) is 25.1. The van der Waals surface area contributed by atoms with E-state index in [1.54, 1.807) is 30.3 Å². The van der Waals surface area contributed by atoms with Crippen molar-refractivity contribution in [1.82, 2.24) is 0 Å². The summed E-state index contributed by atoms with van der Waals surface area (Å²) in [6.45, 7) is 1.50. The number of benzene rings is 3. The lowest BCUT2D eigenvalue weighted by Crippen LogP contribution is -2.30. The van der Waals surface area contributed by atoms with Gasteiger partial charge in [0.25, 0.3) is 5.91 Å². The average Bonchev–Trinajstić information content (AvgIpc) is 3.15. The van der Waals surface area contributed by atoms with Crippen molar-refractivity contribution >= 4 is 39.5 Å². The topological polar surface area (TPSA) is 87.0 Å². The van der Waals surface area contributed by atoms with E-state index >= 15 is 0 Å². The van der Waals surface area contributed by atoms with Crippen molar-refractivity contribution in [3.05, 3.63) is 66.2 Å². The van der Waals surface area contributed by atoms with Crippen LogP contribution in [0, 0.1) is 0 Å². The number of furan rings is 1. The van der Waals surface area contributed by atoms with Gasteiger partial charge in [-0.15, -0.1) is 0 Å². The van der Waals surface area contributed by atoms with Gasteiger partial charge in [-0.25, -0.2) is 4.79 Å². The summed E-state index contributed by atoms with van der Waals surface area (Å²) in [6, 6.07) is 17.7. The Morgan fingerprint density at radius 3 is 2.48 bits per heavy atom. The maximum atomic E-state index is 12.7. The Balaban J connectivity index is 1.54. The van der Waals surface area contributed by atoms with E-state index < -0.39 is 18.0 Å². The number of rotatable bonds is 6. The average molecular weight is 419 g/mol. The molecule has 0 radical (unpaired) electrons. The Morgan fingerprint density at radius 2 is 1.71 bits per heavy atom. The molecule has 7 nitrogen and oxygen atoms in total. The molecule has 0 unspecified atom stereocenters. The van der Waals surface area contributed by atoms with E-state index in [2.05, 4.69) is 5.32 Å². The highest BCUT2D eigenvalue weighted by Crippen LogP contribution is 2.36. The van der Waals surface area contributed by atoms with Gasteiger partial charge < -0.3 is 23.9 Å². The molecule has 0 saturated heterocycles. The molecule has 158 valence electrons. The van der Waals surface area contributed by atoms with Crippen LogP contribution in [0.25, 0.3) is 21.9 Å². The first-order valence-electron chi connectivity index (χ1n) is 9.65. The standard InChI is InChI=1S/C24H21NO6/c1-14(30-24(27)15-7-6-8-16(11-15)28-2)23(26)25-19-13-21-18(12-22(19)29-3)17-9-4-5-10-20(17)31-21/h4-14H,1-3H3,(H,25,26)/t14-/m0/s1. The van der Waals surface area contributed by atoms with Crippen LogP contribution >= 0.6 is 0 Å². The van der Waals surface area contributed by atoms with Gasteiger partial charge in [-0.05, 0) is 37.3 Å². The van der Waals surface area contributed by atoms with Crippen LogP contribution in [0.3, 0.4) is 0 Å². The molecule has 1 N–H and O–H groups in total. The van der Waals surface area contributed by atoms with Crippen molar-refractivity contribution in [2.45, 2.75) is 13.0 Å². The second-order valence-corrected chi connectivity index (χ2v) is 6.92. The van der Waals surface area contributed by atoms with Crippen molar-refractivity contribution in [3.8, 4) is 11.5 Å². The molecule has 3 aromatic carbocycles. The van der Waals surface area contributed by atoms with E-state index in [9.17, 15) is 9.59 Å². The summed E-state index contributed by atoms with van der Waals surface area (Å²) in [5.41, 5.74) is 2.06. The Bertz CT molecular complexity index is 1280. The quantitative estimate of drug-likeness (QED) is 0.452. The fraction of sp³-hybridized carbons (Fsp3) is 0.167. The molecular weight excluding hydrogens is 398 g/mol. The number of anilines is 1. The zero-order chi connectivity index (χ0) is 22.0. The Kier molecular flexibility index (Phi) is 5.49. The second kappa shape index (κ2) is 8.39. The number of amides is 1. The predicted molar refractivity (Wildman–Crippen MR) is 117 cm³/mol. The number of carbonyl (C=O) groups excluding carboxylic acids is 2. The maximum Gasteiger partial charge on any atom is 0.339 e. The van der Waals surface area contributed by atoms with Crippen LogP contribution < -0.4 is 14.8 Å². The minimum atomic E-state index is -1.03. The van der Waals surface area contributed by atoms with Gasteiger partial charge in [-0.3, -0.25) is 4.79 Å². The summed E-state index contributed by atoms with van der Waals surface area (Å²) >= 11 is 0. The lowest BCUT2D eigenvalue weighted by atomic mass is 10.1. The van der Waals surface area contributed by atoms with Gasteiger partial charge in [0.1, 0.15) is 22.7 Å². The Labute approximate surface area is 178 Å². The number of carbonyl (C=O) groups is 2. The molecule has 0 aliphatic carbocycles. The van der Waals surface area contributed by atoms with E-state index in [1.807, 2.05) is 30.3 Å². The van der Waals surface area contributed by atoms with Crippen molar-refractivity contribution in [2.24, 2.45) is 0 Å². The lowest BCUT2D eigenvalue weighted by Gasteiger charge is -2.15. The van der Waals surface area contributed by atoms with Crippen molar-refractivity contribution in [3.63, 3.8) is 0 Å². The summed E-state index contributed by atoms with van der Waals surface area (Å²) in [6.07, 6.45) is -1.03. The first kappa shape index (κ1) is 20.3. The second-order valence-electron chi connectivity index (χ2n) is 6.92. The molecule has 0 bridgehead atoms. The van der Waals surface area contributed by atoms with E-state index in [4.69, 9.17) is 18.6 Å². The zero-order valence-corrected chi connectivity index (χ0v) is 17.3. The summed E-state index contributed by atoms with van der Waals surface area (Å²) in [5, 5.41) is 4.58. The molecule has 1 atom stereocenters. The van der Waals surface area contributed by atoms with E-state index in [-0.39, 0.29) is 0 Å². The van der Waals surface area contributed by atoms with Gasteiger partial charge in [0.15, 0.2) is 6.10 Å². The van der Waals surface area contributed by atoms with Crippen LogP contribution in [0.5, 0.6) is 11.5 Å². The molecule has 0 fully saturated rings. The number of para-hydroxylation sites is 1. The molecule has 1 aromatic heterocycles. The van der Waals surface area contributed by atoms with Gasteiger partial charge in [0.2, 0.25) is 0 Å². The smallest absolute Gasteiger partial charge is 0.339 e. The summed E-state index contributed by atoms with van der Waals surface area (Å²) in [7, 11) is 3.03. The predicted octanol–water partition coefficient (Wildman–Crippen LogP) is 4.79. The van der Waals surface area contributed by atoms with Crippen LogP contribution in [-0.2, 0) is 9.53 Å². The Morgan fingerprint density at radius 1 is 0.903 bits per heavy atom. The van der Waals surface area contributed by atoms with Crippen LogP contribution in [-0.4, -0.2) is 32.2 Å². The van der Waals surface area contributed by atoms with Crippen molar-refractivity contribution < 1.29 is 28.2 Å². The third-order valence-electron chi connectivity index (χ3n) is 4.92. The molecule has 0 spiro atoms. The van der Waals surface area contributed by atoms with Gasteiger partial charge >= 0.3 is 5.97 Å². The number of nitrogens with one attached hydrogen (secondary N) is 1. The highest BCUT2D eigenvalue weighted by Gasteiger charge is 2.21.